The predicted octanol–water partition coefficient (Wildman–Crippen LogP) is 3.78. The Hall–Kier alpha value is -2.33. The van der Waals surface area contributed by atoms with Crippen molar-refractivity contribution in [3.63, 3.8) is 0 Å². The number of benzene rings is 1. The van der Waals surface area contributed by atoms with Crippen LogP contribution in [0.4, 0.5) is 13.2 Å². The molecule has 0 spiro atoms. The monoisotopic (exact) mass is 444 g/mol. The summed E-state index contributed by atoms with van der Waals surface area (Å²) in [4.78, 5) is 9.00. The molecule has 1 aromatic heterocycles. The Labute approximate surface area is 178 Å². The summed E-state index contributed by atoms with van der Waals surface area (Å²) in [5.74, 6) is 1.16. The molecule has 0 saturated carbocycles. The Bertz CT molecular complexity index is 807. The molecule has 3 N–H and O–H groups in total. The van der Waals surface area contributed by atoms with Gasteiger partial charge in [0.2, 0.25) is 0 Å². The molecule has 0 aliphatic rings. The summed E-state index contributed by atoms with van der Waals surface area (Å²) in [6.07, 6.45) is -5.26. The third-order valence-electron chi connectivity index (χ3n) is 4.01. The van der Waals surface area contributed by atoms with Crippen LogP contribution >= 0.6 is 11.3 Å². The van der Waals surface area contributed by atoms with Gasteiger partial charge in [-0.05, 0) is 37.1 Å². The van der Waals surface area contributed by atoms with Crippen molar-refractivity contribution in [1.29, 1.82) is 0 Å². The minimum absolute atomic E-state index is 0.0675. The molecule has 30 heavy (non-hydrogen) atoms. The Morgan fingerprint density at radius 3 is 2.50 bits per heavy atom. The third kappa shape index (κ3) is 7.83. The van der Waals surface area contributed by atoms with Crippen LogP contribution in [0.15, 0.2) is 34.6 Å². The molecule has 1 atom stereocenters. The summed E-state index contributed by atoms with van der Waals surface area (Å²) in [6.45, 7) is 7.28. The van der Waals surface area contributed by atoms with E-state index in [-0.39, 0.29) is 18.9 Å². The number of ether oxygens (including phenoxy) is 1. The van der Waals surface area contributed by atoms with E-state index < -0.39 is 17.8 Å². The zero-order chi connectivity index (χ0) is 22.1. The van der Waals surface area contributed by atoms with Gasteiger partial charge in [0, 0.05) is 18.5 Å². The van der Waals surface area contributed by atoms with Gasteiger partial charge >= 0.3 is 6.18 Å². The summed E-state index contributed by atoms with van der Waals surface area (Å²) >= 11 is 1.56. The van der Waals surface area contributed by atoms with Crippen LogP contribution in [-0.4, -0.2) is 41.9 Å². The molecule has 0 radical (unpaired) electrons. The zero-order valence-electron chi connectivity index (χ0n) is 17.2. The quantitative estimate of drug-likeness (QED) is 0.405. The lowest BCUT2D eigenvalue weighted by Crippen LogP contribution is -2.42. The first-order valence-corrected chi connectivity index (χ1v) is 10.5. The molecule has 0 aliphatic carbocycles. The van der Waals surface area contributed by atoms with Crippen molar-refractivity contribution in [3.05, 3.63) is 45.9 Å². The van der Waals surface area contributed by atoms with Crippen LogP contribution in [0.5, 0.6) is 5.75 Å². The lowest BCUT2D eigenvalue weighted by Gasteiger charge is -2.16. The van der Waals surface area contributed by atoms with Crippen LogP contribution < -0.4 is 15.4 Å². The van der Waals surface area contributed by atoms with Crippen molar-refractivity contribution >= 4 is 17.3 Å². The maximum absolute atomic E-state index is 12.6. The lowest BCUT2D eigenvalue weighted by molar-refractivity contribution is -0.137. The van der Waals surface area contributed by atoms with Gasteiger partial charge in [-0.25, -0.2) is 9.98 Å². The Morgan fingerprint density at radius 2 is 1.93 bits per heavy atom. The van der Waals surface area contributed by atoms with Crippen molar-refractivity contribution in [3.8, 4) is 5.75 Å². The molecular formula is C20H27F3N4O2S. The average molecular weight is 445 g/mol. The lowest BCUT2D eigenvalue weighted by atomic mass is 10.2. The van der Waals surface area contributed by atoms with Crippen LogP contribution in [0.2, 0.25) is 0 Å². The van der Waals surface area contributed by atoms with E-state index in [1.807, 2.05) is 12.3 Å². The van der Waals surface area contributed by atoms with Gasteiger partial charge in [0.15, 0.2) is 5.96 Å². The van der Waals surface area contributed by atoms with Gasteiger partial charge in [0.05, 0.1) is 17.8 Å². The van der Waals surface area contributed by atoms with Crippen molar-refractivity contribution < 1.29 is 23.0 Å². The average Bonchev–Trinajstić information content (AvgIpc) is 3.17. The molecule has 2 rings (SSSR count). The smallest absolute Gasteiger partial charge is 0.416 e. The number of hydrogen-bond acceptors (Lipinski definition) is 5. The van der Waals surface area contributed by atoms with Crippen molar-refractivity contribution in [2.45, 2.75) is 45.5 Å². The molecule has 0 amide bonds. The molecule has 0 bridgehead atoms. The van der Waals surface area contributed by atoms with Crippen molar-refractivity contribution in [1.82, 2.24) is 15.6 Å². The fourth-order valence-corrected chi connectivity index (χ4v) is 3.24. The van der Waals surface area contributed by atoms with Gasteiger partial charge in [-0.15, -0.1) is 11.3 Å². The summed E-state index contributed by atoms with van der Waals surface area (Å²) in [6, 6.07) is 4.35. The fourth-order valence-electron chi connectivity index (χ4n) is 2.36. The second kappa shape index (κ2) is 11.2. The maximum Gasteiger partial charge on any atom is 0.416 e. The number of nitrogens with zero attached hydrogens (tertiary/aromatic N) is 2. The fraction of sp³-hybridized carbons (Fsp3) is 0.500. The molecule has 166 valence electrons. The van der Waals surface area contributed by atoms with Crippen molar-refractivity contribution in [2.75, 3.05) is 19.7 Å². The molecule has 6 nitrogen and oxygen atoms in total. The molecule has 10 heteroatoms. The summed E-state index contributed by atoms with van der Waals surface area (Å²) in [7, 11) is 0. The van der Waals surface area contributed by atoms with Gasteiger partial charge in [-0.1, -0.05) is 13.8 Å². The van der Waals surface area contributed by atoms with Gasteiger partial charge < -0.3 is 20.5 Å². The summed E-state index contributed by atoms with van der Waals surface area (Å²) in [5, 5.41) is 19.1. The first-order chi connectivity index (χ1) is 14.2. The van der Waals surface area contributed by atoms with E-state index in [9.17, 15) is 18.3 Å². The standard InChI is InChI=1S/C20H27F3N4O2S/c1-4-24-19(26-10-18-27-17(12-30-18)13(2)3)25-9-15(28)11-29-16-7-5-14(6-8-16)20(21,22)23/h5-8,12-13,15,28H,4,9-11H2,1-3H3,(H2,24,25,26). The van der Waals surface area contributed by atoms with Gasteiger partial charge in [-0.2, -0.15) is 13.2 Å². The van der Waals surface area contributed by atoms with Gasteiger partial charge in [0.1, 0.15) is 23.5 Å². The first kappa shape index (κ1) is 23.9. The number of rotatable bonds is 9. The number of guanidine groups is 1. The highest BCUT2D eigenvalue weighted by atomic mass is 32.1. The molecule has 0 saturated heterocycles. The minimum atomic E-state index is -4.39. The number of nitrogens with one attached hydrogen (secondary N) is 2. The number of aliphatic hydroxyl groups excluding tert-OH is 1. The van der Waals surface area contributed by atoms with E-state index in [2.05, 4.69) is 34.5 Å². The van der Waals surface area contributed by atoms with Gasteiger partial charge in [0.25, 0.3) is 0 Å². The molecule has 2 aromatic rings. The minimum Gasteiger partial charge on any atom is -0.491 e. The number of alkyl halides is 3. The molecule has 1 aromatic carbocycles. The molecular weight excluding hydrogens is 417 g/mol. The topological polar surface area (TPSA) is 78.8 Å². The van der Waals surface area contributed by atoms with E-state index in [0.717, 1.165) is 22.8 Å². The first-order valence-electron chi connectivity index (χ1n) is 9.63. The molecule has 0 aliphatic heterocycles. The highest BCUT2D eigenvalue weighted by Crippen LogP contribution is 2.30. The molecule has 0 fully saturated rings. The van der Waals surface area contributed by atoms with E-state index in [1.165, 1.54) is 12.1 Å². The molecule has 1 heterocycles. The SMILES string of the molecule is CCNC(=NCc1nc(C(C)C)cs1)NCC(O)COc1ccc(C(F)(F)F)cc1. The molecule has 1 unspecified atom stereocenters. The van der Waals surface area contributed by atoms with E-state index in [4.69, 9.17) is 4.74 Å². The number of halogens is 3. The van der Waals surface area contributed by atoms with Gasteiger partial charge in [-0.3, -0.25) is 0 Å². The highest BCUT2D eigenvalue weighted by molar-refractivity contribution is 7.09. The van der Waals surface area contributed by atoms with Crippen LogP contribution in [0, 0.1) is 0 Å². The predicted molar refractivity (Wildman–Crippen MR) is 112 cm³/mol. The Balaban J connectivity index is 1.81. The van der Waals surface area contributed by atoms with Crippen LogP contribution in [-0.2, 0) is 12.7 Å². The van der Waals surface area contributed by atoms with E-state index in [1.54, 1.807) is 11.3 Å². The highest BCUT2D eigenvalue weighted by Gasteiger charge is 2.30. The van der Waals surface area contributed by atoms with Crippen LogP contribution in [0.25, 0.3) is 0 Å². The third-order valence-corrected chi connectivity index (χ3v) is 4.86. The maximum atomic E-state index is 12.6. The number of aliphatic hydroxyl groups is 1. The normalized spacial score (nSPS) is 13.4. The number of thiazole rings is 1. The second-order valence-corrected chi connectivity index (χ2v) is 7.83. The van der Waals surface area contributed by atoms with Crippen molar-refractivity contribution in [2.24, 2.45) is 4.99 Å². The number of aromatic nitrogens is 1. The van der Waals surface area contributed by atoms with Crippen LogP contribution in [0.1, 0.15) is 43.0 Å². The van der Waals surface area contributed by atoms with E-state index in [0.29, 0.717) is 25.0 Å². The number of aliphatic imine (C=N–C) groups is 1. The Kier molecular flexibility index (Phi) is 8.91. The summed E-state index contributed by atoms with van der Waals surface area (Å²) < 4.78 is 43.1. The second-order valence-electron chi connectivity index (χ2n) is 6.88. The zero-order valence-corrected chi connectivity index (χ0v) is 18.0. The Morgan fingerprint density at radius 1 is 1.23 bits per heavy atom. The van der Waals surface area contributed by atoms with E-state index >= 15 is 0 Å². The number of hydrogen-bond donors (Lipinski definition) is 3. The summed E-state index contributed by atoms with van der Waals surface area (Å²) in [5.41, 5.74) is 0.295. The largest absolute Gasteiger partial charge is 0.491 e. The van der Waals surface area contributed by atoms with Crippen LogP contribution in [0.3, 0.4) is 0 Å².